The Kier molecular flexibility index (Phi) is 5.03. The summed E-state index contributed by atoms with van der Waals surface area (Å²) >= 11 is 0. The lowest BCUT2D eigenvalue weighted by Crippen LogP contribution is -2.39. The predicted octanol–water partition coefficient (Wildman–Crippen LogP) is -0.361. The first-order valence-electron chi connectivity index (χ1n) is 5.71. The minimum atomic E-state index is -0.521. The predicted molar refractivity (Wildman–Crippen MR) is 69.6 cm³/mol. The van der Waals surface area contributed by atoms with Gasteiger partial charge in [0.05, 0.1) is 24.7 Å². The quantitative estimate of drug-likeness (QED) is 0.727. The van der Waals surface area contributed by atoms with Crippen molar-refractivity contribution in [1.29, 1.82) is 5.26 Å². The number of nitrogens with zero attached hydrogens (tertiary/aromatic N) is 2. The second-order valence-electron chi connectivity index (χ2n) is 4.33. The number of carbonyl (C=O) groups excluding carboxylic acids is 2. The Bertz CT molecular complexity index is 518. The molecule has 6 nitrogen and oxygen atoms in total. The second-order valence-corrected chi connectivity index (χ2v) is 4.33. The van der Waals surface area contributed by atoms with Crippen LogP contribution in [0.2, 0.25) is 0 Å². The maximum atomic E-state index is 11.0. The molecule has 0 saturated heterocycles. The number of carbonyl (C=O) groups is 2. The van der Waals surface area contributed by atoms with Gasteiger partial charge in [-0.15, -0.1) is 0 Å². The number of rotatable bonds is 6. The van der Waals surface area contributed by atoms with E-state index in [-0.39, 0.29) is 13.1 Å². The molecule has 0 aromatic heterocycles. The molecule has 0 aliphatic carbocycles. The largest absolute Gasteiger partial charge is 0.369 e. The van der Waals surface area contributed by atoms with Crippen molar-refractivity contribution in [3.8, 4) is 6.07 Å². The van der Waals surface area contributed by atoms with Gasteiger partial charge < -0.3 is 11.5 Å². The first kappa shape index (κ1) is 14.7. The van der Waals surface area contributed by atoms with Crippen LogP contribution in [0.3, 0.4) is 0 Å². The molecule has 0 atom stereocenters. The van der Waals surface area contributed by atoms with Crippen LogP contribution in [0.4, 0.5) is 0 Å². The van der Waals surface area contributed by atoms with Crippen LogP contribution in [0.25, 0.3) is 0 Å². The van der Waals surface area contributed by atoms with E-state index in [1.807, 2.05) is 6.92 Å². The number of hydrogen-bond donors (Lipinski definition) is 2. The Hall–Kier alpha value is -2.39. The van der Waals surface area contributed by atoms with E-state index in [2.05, 4.69) is 6.07 Å². The van der Waals surface area contributed by atoms with Crippen molar-refractivity contribution < 1.29 is 9.59 Å². The van der Waals surface area contributed by atoms with Crippen LogP contribution >= 0.6 is 0 Å². The summed E-state index contributed by atoms with van der Waals surface area (Å²) in [6.45, 7) is 2.16. The standard InChI is InChI=1S/C13H16N4O2/c1-9-4-10(5-14)2-3-11(9)6-17(7-12(15)18)8-13(16)19/h2-4H,6-8H2,1H3,(H2,15,18)(H2,16,19). The van der Waals surface area contributed by atoms with Gasteiger partial charge in [0.2, 0.25) is 11.8 Å². The third-order valence-electron chi connectivity index (χ3n) is 2.62. The third kappa shape index (κ3) is 4.77. The van der Waals surface area contributed by atoms with Crippen molar-refractivity contribution in [1.82, 2.24) is 4.90 Å². The van der Waals surface area contributed by atoms with Crippen molar-refractivity contribution in [3.63, 3.8) is 0 Å². The highest BCUT2D eigenvalue weighted by atomic mass is 16.2. The lowest BCUT2D eigenvalue weighted by atomic mass is 10.1. The van der Waals surface area contributed by atoms with Gasteiger partial charge >= 0.3 is 0 Å². The Morgan fingerprint density at radius 3 is 2.26 bits per heavy atom. The Morgan fingerprint density at radius 2 is 1.84 bits per heavy atom. The number of nitriles is 1. The topological polar surface area (TPSA) is 113 Å². The number of nitrogens with two attached hydrogens (primary N) is 2. The molecule has 0 spiro atoms. The Morgan fingerprint density at radius 1 is 1.26 bits per heavy atom. The van der Waals surface area contributed by atoms with Crippen molar-refractivity contribution >= 4 is 11.8 Å². The molecular weight excluding hydrogens is 244 g/mol. The van der Waals surface area contributed by atoms with E-state index >= 15 is 0 Å². The zero-order valence-electron chi connectivity index (χ0n) is 10.7. The highest BCUT2D eigenvalue weighted by Crippen LogP contribution is 2.13. The summed E-state index contributed by atoms with van der Waals surface area (Å²) in [6.07, 6.45) is 0. The van der Waals surface area contributed by atoms with Crippen LogP contribution < -0.4 is 11.5 Å². The normalized spacial score (nSPS) is 10.2. The van der Waals surface area contributed by atoms with E-state index in [9.17, 15) is 9.59 Å². The van der Waals surface area contributed by atoms with E-state index in [1.54, 1.807) is 23.1 Å². The van der Waals surface area contributed by atoms with Crippen LogP contribution in [-0.4, -0.2) is 29.8 Å². The Labute approximate surface area is 111 Å². The van der Waals surface area contributed by atoms with Gasteiger partial charge in [-0.25, -0.2) is 0 Å². The van der Waals surface area contributed by atoms with Crippen LogP contribution in [0.5, 0.6) is 0 Å². The second kappa shape index (κ2) is 6.52. The molecule has 0 heterocycles. The van der Waals surface area contributed by atoms with Gasteiger partial charge in [-0.05, 0) is 30.2 Å². The fourth-order valence-electron chi connectivity index (χ4n) is 1.79. The summed E-state index contributed by atoms with van der Waals surface area (Å²) in [7, 11) is 0. The van der Waals surface area contributed by atoms with Gasteiger partial charge in [0.15, 0.2) is 0 Å². The molecule has 1 aromatic carbocycles. The third-order valence-corrected chi connectivity index (χ3v) is 2.62. The molecule has 0 unspecified atom stereocenters. The van der Waals surface area contributed by atoms with Gasteiger partial charge in [0.25, 0.3) is 0 Å². The van der Waals surface area contributed by atoms with Gasteiger partial charge in [0, 0.05) is 6.54 Å². The number of benzene rings is 1. The zero-order chi connectivity index (χ0) is 14.4. The number of primary amides is 2. The van der Waals surface area contributed by atoms with Crippen molar-refractivity contribution in [3.05, 3.63) is 34.9 Å². The van der Waals surface area contributed by atoms with Gasteiger partial charge in [-0.1, -0.05) is 6.07 Å². The van der Waals surface area contributed by atoms with Crippen LogP contribution in [0.1, 0.15) is 16.7 Å². The average molecular weight is 260 g/mol. The lowest BCUT2D eigenvalue weighted by Gasteiger charge is -2.20. The minimum Gasteiger partial charge on any atom is -0.369 e. The van der Waals surface area contributed by atoms with E-state index < -0.39 is 11.8 Å². The molecular formula is C13H16N4O2. The molecule has 19 heavy (non-hydrogen) atoms. The maximum absolute atomic E-state index is 11.0. The zero-order valence-corrected chi connectivity index (χ0v) is 10.7. The minimum absolute atomic E-state index is 0.0393. The molecule has 0 aliphatic rings. The van der Waals surface area contributed by atoms with Crippen molar-refractivity contribution in [2.75, 3.05) is 13.1 Å². The molecule has 6 heteroatoms. The molecule has 0 aliphatic heterocycles. The van der Waals surface area contributed by atoms with Crippen LogP contribution in [0.15, 0.2) is 18.2 Å². The first-order valence-corrected chi connectivity index (χ1v) is 5.71. The fraction of sp³-hybridized carbons (Fsp3) is 0.308. The maximum Gasteiger partial charge on any atom is 0.231 e. The first-order chi connectivity index (χ1) is 8.92. The summed E-state index contributed by atoms with van der Waals surface area (Å²) in [4.78, 5) is 23.5. The number of hydrogen-bond acceptors (Lipinski definition) is 4. The summed E-state index contributed by atoms with van der Waals surface area (Å²) in [6, 6.07) is 7.29. The van der Waals surface area contributed by atoms with Crippen molar-refractivity contribution in [2.45, 2.75) is 13.5 Å². The van der Waals surface area contributed by atoms with Crippen LogP contribution in [0, 0.1) is 18.3 Å². The summed E-state index contributed by atoms with van der Waals surface area (Å²) < 4.78 is 0. The molecule has 1 rings (SSSR count). The molecule has 0 bridgehead atoms. The summed E-state index contributed by atoms with van der Waals surface area (Å²) in [5.74, 6) is -1.04. The van der Waals surface area contributed by atoms with E-state index in [4.69, 9.17) is 16.7 Å². The molecule has 1 aromatic rings. The van der Waals surface area contributed by atoms with Crippen molar-refractivity contribution in [2.24, 2.45) is 11.5 Å². The SMILES string of the molecule is Cc1cc(C#N)ccc1CN(CC(N)=O)CC(N)=O. The van der Waals surface area contributed by atoms with E-state index in [0.717, 1.165) is 11.1 Å². The highest BCUT2D eigenvalue weighted by Gasteiger charge is 2.13. The lowest BCUT2D eigenvalue weighted by molar-refractivity contribution is -0.122. The number of amides is 2. The summed E-state index contributed by atoms with van der Waals surface area (Å²) in [5, 5.41) is 8.79. The molecule has 0 radical (unpaired) electrons. The fourth-order valence-corrected chi connectivity index (χ4v) is 1.79. The van der Waals surface area contributed by atoms with Gasteiger partial charge in [-0.2, -0.15) is 5.26 Å². The molecule has 100 valence electrons. The Balaban J connectivity index is 2.86. The van der Waals surface area contributed by atoms with E-state index in [0.29, 0.717) is 12.1 Å². The average Bonchev–Trinajstić information content (AvgIpc) is 2.30. The molecule has 4 N–H and O–H groups in total. The summed E-state index contributed by atoms with van der Waals surface area (Å²) in [5.41, 5.74) is 12.7. The highest BCUT2D eigenvalue weighted by molar-refractivity contribution is 5.79. The smallest absolute Gasteiger partial charge is 0.231 e. The van der Waals surface area contributed by atoms with Gasteiger partial charge in [0.1, 0.15) is 0 Å². The molecule has 2 amide bonds. The molecule has 0 saturated carbocycles. The van der Waals surface area contributed by atoms with Gasteiger partial charge in [-0.3, -0.25) is 14.5 Å². The van der Waals surface area contributed by atoms with E-state index in [1.165, 1.54) is 0 Å². The molecule has 0 fully saturated rings. The van der Waals surface area contributed by atoms with Crippen LogP contribution in [-0.2, 0) is 16.1 Å². The number of aryl methyl sites for hydroxylation is 1. The monoisotopic (exact) mass is 260 g/mol.